The Labute approximate surface area is 135 Å². The number of rotatable bonds is 6. The van der Waals surface area contributed by atoms with Gasteiger partial charge >= 0.3 is 5.97 Å². The van der Waals surface area contributed by atoms with Gasteiger partial charge in [-0.25, -0.2) is 4.79 Å². The minimum Gasteiger partial charge on any atom is -0.489 e. The minimum absolute atomic E-state index is 0.110. The molecule has 0 unspecified atom stereocenters. The van der Waals surface area contributed by atoms with Crippen molar-refractivity contribution in [1.29, 1.82) is 0 Å². The van der Waals surface area contributed by atoms with E-state index in [0.717, 1.165) is 16.9 Å². The molecule has 0 radical (unpaired) electrons. The molecule has 0 aliphatic carbocycles. The highest BCUT2D eigenvalue weighted by Crippen LogP contribution is 2.19. The molecule has 0 aromatic heterocycles. The molecule has 5 heteroatoms. The molecule has 0 heterocycles. The normalized spacial score (nSPS) is 11.0. The molecule has 2 rings (SSSR count). The zero-order valence-corrected chi connectivity index (χ0v) is 13.4. The number of para-hydroxylation sites is 1. The van der Waals surface area contributed by atoms with Crippen LogP contribution in [0.1, 0.15) is 16.7 Å². The predicted octanol–water partition coefficient (Wildman–Crippen LogP) is 3.10. The summed E-state index contributed by atoms with van der Waals surface area (Å²) < 4.78 is 10.6. The quantitative estimate of drug-likeness (QED) is 0.467. The zero-order chi connectivity index (χ0) is 16.7. The Morgan fingerprint density at radius 3 is 2.43 bits per heavy atom. The van der Waals surface area contributed by atoms with Gasteiger partial charge in [-0.2, -0.15) is 0 Å². The highest BCUT2D eigenvalue weighted by Gasteiger charge is 2.19. The second-order valence-electron chi connectivity index (χ2n) is 4.83. The number of oxime groups is 1. The molecule has 5 nitrogen and oxygen atoms in total. The molecule has 0 amide bonds. The highest BCUT2D eigenvalue weighted by molar-refractivity contribution is 6.43. The largest absolute Gasteiger partial charge is 0.489 e. The Balaban J connectivity index is 2.28. The lowest BCUT2D eigenvalue weighted by atomic mass is 10.0. The van der Waals surface area contributed by atoms with E-state index in [1.165, 1.54) is 14.2 Å². The fourth-order valence-electron chi connectivity index (χ4n) is 2.14. The number of nitrogens with zero attached hydrogens (tertiary/aromatic N) is 1. The van der Waals surface area contributed by atoms with Crippen LogP contribution in [0.5, 0.6) is 5.75 Å². The maximum atomic E-state index is 11.9. The van der Waals surface area contributed by atoms with Crippen molar-refractivity contribution in [2.45, 2.75) is 13.5 Å². The molecule has 0 bridgehead atoms. The lowest BCUT2D eigenvalue weighted by molar-refractivity contribution is -0.132. The molecule has 0 N–H and O–H groups in total. The van der Waals surface area contributed by atoms with E-state index < -0.39 is 5.97 Å². The first kappa shape index (κ1) is 16.5. The van der Waals surface area contributed by atoms with Gasteiger partial charge in [-0.1, -0.05) is 47.6 Å². The van der Waals surface area contributed by atoms with Gasteiger partial charge in [0.15, 0.2) is 5.71 Å². The molecule has 0 fully saturated rings. The Kier molecular flexibility index (Phi) is 5.74. The predicted molar refractivity (Wildman–Crippen MR) is 87.5 cm³/mol. The van der Waals surface area contributed by atoms with Crippen LogP contribution in [0.25, 0.3) is 0 Å². The van der Waals surface area contributed by atoms with Gasteiger partial charge in [-0.05, 0) is 24.1 Å². The number of esters is 1. The zero-order valence-electron chi connectivity index (χ0n) is 13.4. The Morgan fingerprint density at radius 1 is 1.04 bits per heavy atom. The summed E-state index contributed by atoms with van der Waals surface area (Å²) in [5, 5.41) is 3.78. The summed E-state index contributed by atoms with van der Waals surface area (Å²) in [6, 6.07) is 15.1. The second kappa shape index (κ2) is 7.98. The molecule has 0 atom stereocenters. The maximum Gasteiger partial charge on any atom is 0.360 e. The number of hydrogen-bond acceptors (Lipinski definition) is 5. The summed E-state index contributed by atoms with van der Waals surface area (Å²) in [5.41, 5.74) is 2.59. The van der Waals surface area contributed by atoms with Crippen LogP contribution in [0.4, 0.5) is 0 Å². The van der Waals surface area contributed by atoms with Crippen LogP contribution in [0.3, 0.4) is 0 Å². The number of carbonyl (C=O) groups is 1. The number of aryl methyl sites for hydroxylation is 1. The number of hydrogen-bond donors (Lipinski definition) is 0. The minimum atomic E-state index is -0.560. The topological polar surface area (TPSA) is 57.1 Å². The van der Waals surface area contributed by atoms with Gasteiger partial charge in [0.25, 0.3) is 0 Å². The standard InChI is InChI=1S/C18H19NO4/c1-13-8-4-7-11-16(13)23-12-14-9-5-6-10-15(14)17(19-22-3)18(20)21-2/h4-11H,12H2,1-3H3. The molecule has 0 saturated carbocycles. The van der Waals surface area contributed by atoms with Crippen LogP contribution in [0.2, 0.25) is 0 Å². The van der Waals surface area contributed by atoms with Gasteiger partial charge in [0.05, 0.1) is 7.11 Å². The van der Waals surface area contributed by atoms with Crippen molar-refractivity contribution < 1.29 is 19.1 Å². The fourth-order valence-corrected chi connectivity index (χ4v) is 2.14. The molecule has 0 spiro atoms. The highest BCUT2D eigenvalue weighted by atomic mass is 16.6. The van der Waals surface area contributed by atoms with Crippen molar-refractivity contribution in [2.24, 2.45) is 5.16 Å². The maximum absolute atomic E-state index is 11.9. The van der Waals surface area contributed by atoms with Crippen LogP contribution >= 0.6 is 0 Å². The van der Waals surface area contributed by atoms with Gasteiger partial charge < -0.3 is 14.3 Å². The first-order chi connectivity index (χ1) is 11.2. The van der Waals surface area contributed by atoms with Crippen LogP contribution < -0.4 is 4.74 Å². The SMILES string of the molecule is CON=C(C(=O)OC)c1ccccc1COc1ccccc1C. The van der Waals surface area contributed by atoms with E-state index in [1.54, 1.807) is 6.07 Å². The lowest BCUT2D eigenvalue weighted by Gasteiger charge is -2.12. The number of benzene rings is 2. The van der Waals surface area contributed by atoms with Gasteiger partial charge in [-0.3, -0.25) is 0 Å². The van der Waals surface area contributed by atoms with Gasteiger partial charge in [-0.15, -0.1) is 0 Å². The van der Waals surface area contributed by atoms with E-state index >= 15 is 0 Å². The van der Waals surface area contributed by atoms with Crippen LogP contribution in [0, 0.1) is 6.92 Å². The van der Waals surface area contributed by atoms with Crippen molar-refractivity contribution >= 4 is 11.7 Å². The van der Waals surface area contributed by atoms with E-state index in [-0.39, 0.29) is 5.71 Å². The summed E-state index contributed by atoms with van der Waals surface area (Å²) in [5.74, 6) is 0.237. The average Bonchev–Trinajstić information content (AvgIpc) is 2.59. The van der Waals surface area contributed by atoms with E-state index in [0.29, 0.717) is 12.2 Å². The summed E-state index contributed by atoms with van der Waals surface area (Å²) in [7, 11) is 2.69. The molecule has 23 heavy (non-hydrogen) atoms. The average molecular weight is 313 g/mol. The monoisotopic (exact) mass is 313 g/mol. The Hall–Kier alpha value is -2.82. The van der Waals surface area contributed by atoms with E-state index in [9.17, 15) is 4.79 Å². The van der Waals surface area contributed by atoms with Crippen molar-refractivity contribution in [3.63, 3.8) is 0 Å². The van der Waals surface area contributed by atoms with Gasteiger partial charge in [0.1, 0.15) is 19.5 Å². The van der Waals surface area contributed by atoms with Gasteiger partial charge in [0.2, 0.25) is 0 Å². The lowest BCUT2D eigenvalue weighted by Crippen LogP contribution is -2.19. The smallest absolute Gasteiger partial charge is 0.360 e. The summed E-state index contributed by atoms with van der Waals surface area (Å²) in [6.07, 6.45) is 0. The first-order valence-corrected chi connectivity index (χ1v) is 7.13. The fraction of sp³-hybridized carbons (Fsp3) is 0.222. The first-order valence-electron chi connectivity index (χ1n) is 7.13. The number of ether oxygens (including phenoxy) is 2. The second-order valence-corrected chi connectivity index (χ2v) is 4.83. The van der Waals surface area contributed by atoms with Crippen molar-refractivity contribution in [2.75, 3.05) is 14.2 Å². The summed E-state index contributed by atoms with van der Waals surface area (Å²) >= 11 is 0. The molecule has 0 aliphatic rings. The molecular formula is C18H19NO4. The van der Waals surface area contributed by atoms with Crippen LogP contribution in [-0.4, -0.2) is 25.9 Å². The van der Waals surface area contributed by atoms with E-state index in [1.807, 2.05) is 49.4 Å². The molecular weight excluding hydrogens is 294 g/mol. The van der Waals surface area contributed by atoms with Crippen molar-refractivity contribution in [1.82, 2.24) is 0 Å². The molecule has 0 saturated heterocycles. The molecule has 120 valence electrons. The third-order valence-electron chi connectivity index (χ3n) is 3.31. The summed E-state index contributed by atoms with van der Waals surface area (Å²) in [6.45, 7) is 2.29. The van der Waals surface area contributed by atoms with E-state index in [2.05, 4.69) is 5.16 Å². The summed E-state index contributed by atoms with van der Waals surface area (Å²) in [4.78, 5) is 16.7. The molecule has 2 aromatic carbocycles. The van der Waals surface area contributed by atoms with Crippen molar-refractivity contribution in [3.8, 4) is 5.75 Å². The van der Waals surface area contributed by atoms with E-state index in [4.69, 9.17) is 14.3 Å². The molecule has 2 aromatic rings. The van der Waals surface area contributed by atoms with Crippen molar-refractivity contribution in [3.05, 3.63) is 65.2 Å². The third-order valence-corrected chi connectivity index (χ3v) is 3.31. The number of methoxy groups -OCH3 is 1. The van der Waals surface area contributed by atoms with Gasteiger partial charge in [0, 0.05) is 5.56 Å². The molecule has 0 aliphatic heterocycles. The number of carbonyl (C=O) groups excluding carboxylic acids is 1. The Morgan fingerprint density at radius 2 is 1.74 bits per heavy atom. The van der Waals surface area contributed by atoms with Crippen LogP contribution in [-0.2, 0) is 21.0 Å². The third kappa shape index (κ3) is 4.10. The van der Waals surface area contributed by atoms with Crippen LogP contribution in [0.15, 0.2) is 53.7 Å². The Bertz CT molecular complexity index is 710.